The summed E-state index contributed by atoms with van der Waals surface area (Å²) in [5.41, 5.74) is 2.83. The van der Waals surface area contributed by atoms with Gasteiger partial charge in [0.25, 0.3) is 5.22 Å². The molecule has 1 amide bonds. The van der Waals surface area contributed by atoms with Gasteiger partial charge >= 0.3 is 0 Å². The number of rotatable bonds is 4. The SMILES string of the molecule is CC1(C)C[C@@H]2C[C@@](C)(CN2C(=O)CSc2nnc(-c3ccc(C(C)(C)C)cc3)o2)C1. The van der Waals surface area contributed by atoms with E-state index in [9.17, 15) is 4.79 Å². The Hall–Kier alpha value is -1.82. The van der Waals surface area contributed by atoms with Gasteiger partial charge in [-0.05, 0) is 53.2 Å². The molecule has 1 aliphatic carbocycles. The highest BCUT2D eigenvalue weighted by atomic mass is 32.2. The molecule has 1 saturated heterocycles. The molecule has 0 unspecified atom stereocenters. The van der Waals surface area contributed by atoms with Crippen molar-refractivity contribution < 1.29 is 9.21 Å². The van der Waals surface area contributed by atoms with E-state index in [2.05, 4.69) is 68.8 Å². The summed E-state index contributed by atoms with van der Waals surface area (Å²) < 4.78 is 5.82. The summed E-state index contributed by atoms with van der Waals surface area (Å²) in [5.74, 6) is 1.02. The molecule has 4 rings (SSSR count). The predicted octanol–water partition coefficient (Wildman–Crippen LogP) is 5.55. The van der Waals surface area contributed by atoms with Crippen LogP contribution in [-0.2, 0) is 10.2 Å². The van der Waals surface area contributed by atoms with Crippen LogP contribution in [0.15, 0.2) is 33.9 Å². The molecule has 2 fully saturated rings. The molecule has 2 atom stereocenters. The number of aromatic nitrogens is 2. The molecule has 1 saturated carbocycles. The van der Waals surface area contributed by atoms with Crippen molar-refractivity contribution in [3.05, 3.63) is 29.8 Å². The maximum Gasteiger partial charge on any atom is 0.277 e. The van der Waals surface area contributed by atoms with Gasteiger partial charge in [-0.25, -0.2) is 0 Å². The Kier molecular flexibility index (Phi) is 5.28. The van der Waals surface area contributed by atoms with E-state index < -0.39 is 0 Å². The number of nitrogens with zero attached hydrogens (tertiary/aromatic N) is 3. The summed E-state index contributed by atoms with van der Waals surface area (Å²) in [6.45, 7) is 14.4. The standard InChI is InChI=1S/C24H33N3O2S/c1-22(2,3)17-9-7-16(8-10-17)20-25-26-21(29-20)30-13-19(28)27-15-24(6)12-18(27)11-23(4,5)14-24/h7-10,18H,11-15H2,1-6H3/t18-,24-/m1/s1. The Bertz CT molecular complexity index is 929. The zero-order valence-electron chi connectivity index (χ0n) is 19.0. The molecular formula is C24H33N3O2S. The quantitative estimate of drug-likeness (QED) is 0.599. The molecule has 0 spiro atoms. The molecule has 2 heterocycles. The van der Waals surface area contributed by atoms with E-state index in [1.807, 2.05) is 12.1 Å². The lowest BCUT2D eigenvalue weighted by molar-refractivity contribution is -0.129. The van der Waals surface area contributed by atoms with Gasteiger partial charge in [0.05, 0.1) is 5.75 Å². The van der Waals surface area contributed by atoms with E-state index in [4.69, 9.17) is 4.42 Å². The van der Waals surface area contributed by atoms with Crippen LogP contribution in [0.2, 0.25) is 0 Å². The van der Waals surface area contributed by atoms with Gasteiger partial charge in [-0.1, -0.05) is 65.4 Å². The van der Waals surface area contributed by atoms with Crippen LogP contribution in [0.1, 0.15) is 66.4 Å². The fourth-order valence-electron chi connectivity index (χ4n) is 5.46. The number of carbonyl (C=O) groups excluding carboxylic acids is 1. The summed E-state index contributed by atoms with van der Waals surface area (Å²) in [6.07, 6.45) is 3.41. The van der Waals surface area contributed by atoms with Crippen molar-refractivity contribution in [2.75, 3.05) is 12.3 Å². The Morgan fingerprint density at radius 3 is 2.53 bits per heavy atom. The van der Waals surface area contributed by atoms with Crippen LogP contribution >= 0.6 is 11.8 Å². The van der Waals surface area contributed by atoms with E-state index in [0.717, 1.165) is 24.9 Å². The zero-order chi connectivity index (χ0) is 21.7. The van der Waals surface area contributed by atoms with Crippen molar-refractivity contribution in [3.63, 3.8) is 0 Å². The molecule has 5 nitrogen and oxygen atoms in total. The number of hydrogen-bond acceptors (Lipinski definition) is 5. The van der Waals surface area contributed by atoms with Crippen LogP contribution in [0.4, 0.5) is 0 Å². The molecule has 30 heavy (non-hydrogen) atoms. The number of benzene rings is 1. The zero-order valence-corrected chi connectivity index (χ0v) is 19.8. The van der Waals surface area contributed by atoms with Crippen LogP contribution in [0, 0.1) is 10.8 Å². The smallest absolute Gasteiger partial charge is 0.277 e. The van der Waals surface area contributed by atoms with Crippen LogP contribution in [0.25, 0.3) is 11.5 Å². The molecule has 0 N–H and O–H groups in total. The lowest BCUT2D eigenvalue weighted by atomic mass is 9.65. The second kappa shape index (κ2) is 7.40. The van der Waals surface area contributed by atoms with Gasteiger partial charge in [0.2, 0.25) is 11.8 Å². The first-order chi connectivity index (χ1) is 13.9. The second-order valence-corrected chi connectivity index (χ2v) is 12.2. The van der Waals surface area contributed by atoms with Crippen molar-refractivity contribution in [2.45, 2.75) is 77.5 Å². The molecule has 1 aromatic heterocycles. The molecule has 6 heteroatoms. The number of thioether (sulfide) groups is 1. The topological polar surface area (TPSA) is 59.2 Å². The van der Waals surface area contributed by atoms with Gasteiger partial charge in [-0.3, -0.25) is 4.79 Å². The number of carbonyl (C=O) groups is 1. The highest BCUT2D eigenvalue weighted by Gasteiger charge is 2.50. The third kappa shape index (κ3) is 4.43. The fourth-order valence-corrected chi connectivity index (χ4v) is 6.10. The first-order valence-corrected chi connectivity index (χ1v) is 11.8. The molecule has 1 aliphatic heterocycles. The van der Waals surface area contributed by atoms with E-state index in [0.29, 0.717) is 28.3 Å². The largest absolute Gasteiger partial charge is 0.411 e. The fraction of sp³-hybridized carbons (Fsp3) is 0.625. The van der Waals surface area contributed by atoms with Gasteiger partial charge < -0.3 is 9.32 Å². The third-order valence-corrected chi connectivity index (χ3v) is 7.26. The van der Waals surface area contributed by atoms with Gasteiger partial charge in [0, 0.05) is 18.2 Å². The van der Waals surface area contributed by atoms with Crippen molar-refractivity contribution >= 4 is 17.7 Å². The minimum atomic E-state index is 0.106. The Labute approximate surface area is 184 Å². The van der Waals surface area contributed by atoms with Crippen molar-refractivity contribution in [1.29, 1.82) is 0 Å². The van der Waals surface area contributed by atoms with E-state index >= 15 is 0 Å². The van der Waals surface area contributed by atoms with E-state index in [1.54, 1.807) is 0 Å². The number of hydrogen-bond donors (Lipinski definition) is 0. The monoisotopic (exact) mass is 427 g/mol. The lowest BCUT2D eigenvalue weighted by Gasteiger charge is -2.39. The van der Waals surface area contributed by atoms with Crippen LogP contribution in [0.3, 0.4) is 0 Å². The summed E-state index contributed by atoms with van der Waals surface area (Å²) in [7, 11) is 0. The highest BCUT2D eigenvalue weighted by Crippen LogP contribution is 2.52. The van der Waals surface area contributed by atoms with Gasteiger partial charge in [0.15, 0.2) is 0 Å². The van der Waals surface area contributed by atoms with Crippen molar-refractivity contribution in [1.82, 2.24) is 15.1 Å². The Morgan fingerprint density at radius 1 is 1.17 bits per heavy atom. The number of amides is 1. The Morgan fingerprint density at radius 2 is 1.87 bits per heavy atom. The highest BCUT2D eigenvalue weighted by molar-refractivity contribution is 7.99. The van der Waals surface area contributed by atoms with Crippen molar-refractivity contribution in [2.24, 2.45) is 10.8 Å². The molecule has 162 valence electrons. The van der Waals surface area contributed by atoms with Crippen LogP contribution in [0.5, 0.6) is 0 Å². The number of likely N-dealkylation sites (tertiary alicyclic amines) is 1. The van der Waals surface area contributed by atoms with Gasteiger partial charge in [0.1, 0.15) is 0 Å². The molecule has 1 aromatic carbocycles. The average molecular weight is 428 g/mol. The maximum atomic E-state index is 12.9. The third-order valence-electron chi connectivity index (χ3n) is 6.46. The summed E-state index contributed by atoms with van der Waals surface area (Å²) in [5, 5.41) is 8.77. The molecule has 2 aliphatic rings. The lowest BCUT2D eigenvalue weighted by Crippen LogP contribution is -2.38. The minimum absolute atomic E-state index is 0.106. The maximum absolute atomic E-state index is 12.9. The molecule has 0 radical (unpaired) electrons. The van der Waals surface area contributed by atoms with Gasteiger partial charge in [-0.15, -0.1) is 10.2 Å². The van der Waals surface area contributed by atoms with E-state index in [1.165, 1.54) is 23.7 Å². The first kappa shape index (κ1) is 21.4. The normalized spacial score (nSPS) is 25.5. The minimum Gasteiger partial charge on any atom is -0.411 e. The summed E-state index contributed by atoms with van der Waals surface area (Å²) in [4.78, 5) is 15.0. The average Bonchev–Trinajstić information content (AvgIpc) is 3.20. The Balaban J connectivity index is 1.37. The van der Waals surface area contributed by atoms with Crippen LogP contribution in [-0.4, -0.2) is 39.3 Å². The predicted molar refractivity (Wildman–Crippen MR) is 120 cm³/mol. The molecular weight excluding hydrogens is 394 g/mol. The van der Waals surface area contributed by atoms with Gasteiger partial charge in [-0.2, -0.15) is 0 Å². The summed E-state index contributed by atoms with van der Waals surface area (Å²) in [6, 6.07) is 8.60. The van der Waals surface area contributed by atoms with E-state index in [-0.39, 0.29) is 16.7 Å². The van der Waals surface area contributed by atoms with Crippen LogP contribution < -0.4 is 0 Å². The second-order valence-electron chi connectivity index (χ2n) is 11.2. The number of fused-ring (bicyclic) bond motifs is 2. The molecule has 2 bridgehead atoms. The molecule has 2 aromatic rings. The van der Waals surface area contributed by atoms with Crippen molar-refractivity contribution in [3.8, 4) is 11.5 Å². The first-order valence-electron chi connectivity index (χ1n) is 10.8. The summed E-state index contributed by atoms with van der Waals surface area (Å²) >= 11 is 1.34.